The molecule has 3 bridgehead atoms. The summed E-state index contributed by atoms with van der Waals surface area (Å²) in [5.74, 6) is -0.449. The topological polar surface area (TPSA) is 91.1 Å². The summed E-state index contributed by atoms with van der Waals surface area (Å²) in [5, 5.41) is 6.47. The van der Waals surface area contributed by atoms with Crippen LogP contribution in [-0.2, 0) is 6.42 Å². The number of para-hydroxylation sites is 1. The van der Waals surface area contributed by atoms with Gasteiger partial charge in [-0.05, 0) is 0 Å². The summed E-state index contributed by atoms with van der Waals surface area (Å²) in [6.45, 7) is 0. The van der Waals surface area contributed by atoms with Gasteiger partial charge in [-0.25, -0.2) is 0 Å². The van der Waals surface area contributed by atoms with E-state index in [9.17, 15) is 9.18 Å². The molecule has 1 atom stereocenters. The predicted molar refractivity (Wildman–Crippen MR) is 104 cm³/mol. The summed E-state index contributed by atoms with van der Waals surface area (Å²) in [6.07, 6.45) is 4.34. The number of hydrogen-bond donors (Lipinski definition) is 4. The number of nitrogens with zero attached hydrogens (tertiary/aromatic N) is 1. The van der Waals surface area contributed by atoms with Crippen molar-refractivity contribution >= 4 is 23.0 Å². The Labute approximate surface area is 193 Å². The van der Waals surface area contributed by atoms with Crippen LogP contribution in [0.5, 0.6) is 5.75 Å². The fourth-order valence-electron chi connectivity index (χ4n) is 3.65. The number of alkyl halides is 3. The van der Waals surface area contributed by atoms with E-state index in [0.29, 0.717) is 16.9 Å². The molecule has 0 saturated heterocycles. The third kappa shape index (κ3) is 3.49. The molecule has 1 aromatic carbocycles. The van der Waals surface area contributed by atoms with Gasteiger partial charge in [0.1, 0.15) is 0 Å². The Kier molecular flexibility index (Phi) is 5.43. The molecule has 1 amide bonds. The number of amides is 1. The fourth-order valence-corrected chi connectivity index (χ4v) is 11.2. The number of benzene rings is 1. The fraction of sp³-hybridized carbons (Fsp3) is 0.200. The van der Waals surface area contributed by atoms with Crippen LogP contribution in [0.4, 0.5) is 21.5 Å². The second-order valence-corrected chi connectivity index (χ2v) is 14.9. The van der Waals surface area contributed by atoms with Gasteiger partial charge < -0.3 is 0 Å². The molecule has 0 unspecified atom stereocenters. The Bertz CT molecular complexity index is 1140. The van der Waals surface area contributed by atoms with Gasteiger partial charge in [0.25, 0.3) is 0 Å². The van der Waals surface area contributed by atoms with Crippen molar-refractivity contribution in [1.29, 1.82) is 0 Å². The molecule has 0 aliphatic carbocycles. The Morgan fingerprint density at radius 1 is 1.33 bits per heavy atom. The molecule has 4 heterocycles. The van der Waals surface area contributed by atoms with Crippen LogP contribution in [0.2, 0.25) is 0 Å². The van der Waals surface area contributed by atoms with E-state index in [1.807, 2.05) is 12.3 Å². The molecule has 0 saturated carbocycles. The quantitative estimate of drug-likeness (QED) is 0.107. The molecule has 5 rings (SSSR count). The van der Waals surface area contributed by atoms with Gasteiger partial charge in [0, 0.05) is 0 Å². The zero-order chi connectivity index (χ0) is 20.7. The van der Waals surface area contributed by atoms with E-state index in [4.69, 9.17) is 4.74 Å². The standard InChI is InChI=1S/C20H18FI2N5O2/c1-30-19-11(21)3-2-4-12(19)25-18-16-13-7-15(27-20(16)29)22-9-23-28-14-8-24-6-5-10(14)17(18)26-13/h2-6,8,15,25-26,28H,7,9H2,1H3,(H,27,29)/q-2/t15-/m1/s1. The van der Waals surface area contributed by atoms with Crippen molar-refractivity contribution in [3.8, 4) is 17.0 Å². The van der Waals surface area contributed by atoms with Crippen LogP contribution in [0.15, 0.2) is 36.7 Å². The van der Waals surface area contributed by atoms with Gasteiger partial charge in [0.15, 0.2) is 0 Å². The molecular formula is C20H18FI2N5O2-2. The third-order valence-corrected chi connectivity index (χ3v) is 12.5. The number of aromatic amines is 1. The Morgan fingerprint density at radius 2 is 2.23 bits per heavy atom. The second-order valence-electron chi connectivity index (χ2n) is 6.72. The molecule has 0 spiro atoms. The van der Waals surface area contributed by atoms with Crippen LogP contribution < -0.4 is 61.6 Å². The molecule has 10 heteroatoms. The summed E-state index contributed by atoms with van der Waals surface area (Å²) in [6, 6.07) is 6.63. The van der Waals surface area contributed by atoms with Crippen molar-refractivity contribution in [2.24, 2.45) is 0 Å². The molecule has 2 aromatic heterocycles. The summed E-state index contributed by atoms with van der Waals surface area (Å²) < 4.78 is 24.5. The molecule has 2 aliphatic heterocycles. The van der Waals surface area contributed by atoms with Crippen molar-refractivity contribution < 1.29 is 56.6 Å². The summed E-state index contributed by atoms with van der Waals surface area (Å²) in [7, 11) is 1.43. The monoisotopic (exact) mass is 633 g/mol. The Balaban J connectivity index is 1.72. The first-order chi connectivity index (χ1) is 14.7. The van der Waals surface area contributed by atoms with Gasteiger partial charge >= 0.3 is 194 Å². The normalized spacial score (nSPS) is 17.9. The molecule has 30 heavy (non-hydrogen) atoms. The third-order valence-electron chi connectivity index (χ3n) is 4.96. The van der Waals surface area contributed by atoms with Crippen molar-refractivity contribution in [2.45, 2.75) is 10.5 Å². The number of anilines is 3. The van der Waals surface area contributed by atoms with Crippen LogP contribution in [0.3, 0.4) is 0 Å². The van der Waals surface area contributed by atoms with Crippen molar-refractivity contribution in [2.75, 3.05) is 18.4 Å². The second kappa shape index (κ2) is 8.21. The van der Waals surface area contributed by atoms with E-state index in [1.165, 1.54) is 13.2 Å². The number of methoxy groups -OCH3 is 1. The van der Waals surface area contributed by atoms with Gasteiger partial charge in [-0.3, -0.25) is 0 Å². The number of carbonyl (C=O) groups is 1. The summed E-state index contributed by atoms with van der Waals surface area (Å²) >= 11 is -0.384. The van der Waals surface area contributed by atoms with Crippen LogP contribution in [0, 0.1) is 5.82 Å². The number of H-pyrrole nitrogens is 1. The first-order valence-corrected chi connectivity index (χ1v) is 14.5. The van der Waals surface area contributed by atoms with E-state index < -0.39 is 5.82 Å². The Hall–Kier alpha value is -2.09. The number of hydrogen-bond acceptors (Lipinski definition) is 5. The van der Waals surface area contributed by atoms with Gasteiger partial charge in [-0.2, -0.15) is 0 Å². The number of aromatic nitrogens is 2. The minimum absolute atomic E-state index is 0.0938. The van der Waals surface area contributed by atoms with Gasteiger partial charge in [-0.1, -0.05) is 0 Å². The maximum absolute atomic E-state index is 14.3. The number of rotatable bonds is 3. The van der Waals surface area contributed by atoms with Gasteiger partial charge in [0.2, 0.25) is 0 Å². The molecule has 0 radical (unpaired) electrons. The summed E-state index contributed by atoms with van der Waals surface area (Å²) in [4.78, 5) is 20.8. The number of halogens is 3. The van der Waals surface area contributed by atoms with E-state index in [1.54, 1.807) is 18.3 Å². The van der Waals surface area contributed by atoms with Crippen molar-refractivity contribution in [1.82, 2.24) is 15.3 Å². The summed E-state index contributed by atoms with van der Waals surface area (Å²) in [5.41, 5.74) is 5.25. The number of fused-ring (bicyclic) bond motifs is 4. The van der Waals surface area contributed by atoms with Crippen LogP contribution in [0.1, 0.15) is 16.1 Å². The van der Waals surface area contributed by atoms with Gasteiger partial charge in [-0.15, -0.1) is 0 Å². The molecule has 2 aliphatic rings. The van der Waals surface area contributed by atoms with E-state index in [2.05, 4.69) is 24.1 Å². The SMILES string of the molecule is COc1c(F)cccc1Nc1c2[nH]c3c1C(=O)N[C@H](C3)[I-]C[I-]Nc1cnccc1-2. The maximum atomic E-state index is 14.3. The zero-order valence-corrected chi connectivity index (χ0v) is 20.2. The predicted octanol–water partition coefficient (Wildman–Crippen LogP) is -2.94. The molecule has 158 valence electrons. The minimum atomic E-state index is -0.465. The number of pyridine rings is 1. The number of carbonyl (C=O) groups excluding carboxylic acids is 1. The molecule has 4 N–H and O–H groups in total. The van der Waals surface area contributed by atoms with E-state index >= 15 is 0 Å². The first kappa shape index (κ1) is 19.8. The molecular weight excluding hydrogens is 615 g/mol. The zero-order valence-electron chi connectivity index (χ0n) is 15.9. The van der Waals surface area contributed by atoms with E-state index in [0.717, 1.165) is 31.5 Å². The van der Waals surface area contributed by atoms with Crippen molar-refractivity contribution in [3.05, 3.63) is 53.7 Å². The van der Waals surface area contributed by atoms with Crippen LogP contribution >= 0.6 is 0 Å². The van der Waals surface area contributed by atoms with Crippen LogP contribution in [-0.4, -0.2) is 29.5 Å². The van der Waals surface area contributed by atoms with Crippen molar-refractivity contribution in [3.63, 3.8) is 0 Å². The van der Waals surface area contributed by atoms with E-state index in [-0.39, 0.29) is 58.4 Å². The Morgan fingerprint density at radius 3 is 3.10 bits per heavy atom. The average Bonchev–Trinajstić information content (AvgIpc) is 3.08. The van der Waals surface area contributed by atoms with Gasteiger partial charge in [0.05, 0.1) is 0 Å². The van der Waals surface area contributed by atoms with Crippen LogP contribution in [0.25, 0.3) is 11.3 Å². The average molecular weight is 633 g/mol. The molecule has 0 fully saturated rings. The molecule has 7 nitrogen and oxygen atoms in total. The molecule has 3 aromatic rings. The first-order valence-electron chi connectivity index (χ1n) is 9.17. The number of nitrogens with one attached hydrogen (secondary N) is 4. The number of ether oxygens (including phenoxy) is 1.